The Morgan fingerprint density at radius 2 is 1.79 bits per heavy atom. The second-order valence-corrected chi connectivity index (χ2v) is 9.78. The largest absolute Gasteiger partial charge is 0.460 e. The minimum absolute atomic E-state index is 0.0304. The van der Waals surface area contributed by atoms with E-state index in [4.69, 9.17) is 9.15 Å². The molecular weight excluding hydrogens is 414 g/mol. The first-order valence-electron chi connectivity index (χ1n) is 11.8. The highest BCUT2D eigenvalue weighted by Gasteiger charge is 2.49. The number of carbonyl (C=O) groups is 2. The average molecular weight is 448 g/mol. The van der Waals surface area contributed by atoms with Crippen molar-refractivity contribution in [3.8, 4) is 0 Å². The van der Waals surface area contributed by atoms with Gasteiger partial charge in [-0.2, -0.15) is 0 Å². The first kappa shape index (κ1) is 23.1. The number of nitrogens with one attached hydrogen (secondary N) is 1. The Bertz CT molecular complexity index is 1100. The first-order valence-corrected chi connectivity index (χ1v) is 11.8. The Morgan fingerprint density at radius 1 is 1.09 bits per heavy atom. The molecule has 4 rings (SSSR count). The molecule has 1 heterocycles. The highest BCUT2D eigenvalue weighted by molar-refractivity contribution is 5.92. The van der Waals surface area contributed by atoms with Gasteiger partial charge >= 0.3 is 5.97 Å². The van der Waals surface area contributed by atoms with E-state index >= 15 is 0 Å². The third-order valence-electron chi connectivity index (χ3n) is 7.09. The number of rotatable bonds is 6. The van der Waals surface area contributed by atoms with E-state index in [1.54, 1.807) is 0 Å². The van der Waals surface area contributed by atoms with Gasteiger partial charge in [-0.3, -0.25) is 4.79 Å². The zero-order valence-corrected chi connectivity index (χ0v) is 19.9. The molecule has 3 aromatic rings. The third kappa shape index (κ3) is 4.54. The fourth-order valence-corrected chi connectivity index (χ4v) is 4.78. The second kappa shape index (κ2) is 9.05. The minimum Gasteiger partial charge on any atom is -0.460 e. The molecule has 3 atom stereocenters. The smallest absolute Gasteiger partial charge is 0.333 e. The van der Waals surface area contributed by atoms with Crippen LogP contribution >= 0.6 is 0 Å². The molecule has 1 aliphatic rings. The number of esters is 1. The lowest BCUT2D eigenvalue weighted by Crippen LogP contribution is -2.62. The van der Waals surface area contributed by atoms with E-state index in [2.05, 4.69) is 5.32 Å². The highest BCUT2D eigenvalue weighted by Crippen LogP contribution is 2.38. The Kier molecular flexibility index (Phi) is 6.33. The lowest BCUT2D eigenvalue weighted by atomic mass is 9.73. The van der Waals surface area contributed by atoms with Gasteiger partial charge in [-0.25, -0.2) is 4.79 Å². The molecule has 2 aromatic carbocycles. The molecule has 1 saturated carbocycles. The number of hydrogen-bond donors (Lipinski definition) is 1. The van der Waals surface area contributed by atoms with Gasteiger partial charge in [0.05, 0.1) is 5.92 Å². The molecule has 0 saturated heterocycles. The van der Waals surface area contributed by atoms with Gasteiger partial charge in [-0.1, -0.05) is 68.3 Å². The molecule has 1 amide bonds. The van der Waals surface area contributed by atoms with Crippen LogP contribution in [0.15, 0.2) is 65.1 Å². The van der Waals surface area contributed by atoms with Crippen molar-refractivity contribution < 1.29 is 18.7 Å². The van der Waals surface area contributed by atoms with Crippen molar-refractivity contribution >= 4 is 22.8 Å². The van der Waals surface area contributed by atoms with E-state index in [9.17, 15) is 9.59 Å². The van der Waals surface area contributed by atoms with Crippen LogP contribution in [-0.4, -0.2) is 17.4 Å². The van der Waals surface area contributed by atoms with Crippen molar-refractivity contribution in [3.05, 3.63) is 72.0 Å². The molecule has 0 spiro atoms. The SMILES string of the molecule is C[C@H](C(=O)NC1(C(=O)OC(C)(C)c2ccccc2)CCCC[C@@H]1C)c1cc2ccccc2o1. The van der Waals surface area contributed by atoms with Crippen LogP contribution in [0.4, 0.5) is 0 Å². The summed E-state index contributed by atoms with van der Waals surface area (Å²) < 4.78 is 12.0. The number of ether oxygens (including phenoxy) is 1. The molecule has 1 N–H and O–H groups in total. The van der Waals surface area contributed by atoms with Crippen LogP contribution in [0.1, 0.15) is 70.6 Å². The van der Waals surface area contributed by atoms with Gasteiger partial charge in [0.2, 0.25) is 5.91 Å². The van der Waals surface area contributed by atoms with Crippen LogP contribution in [0.2, 0.25) is 0 Å². The van der Waals surface area contributed by atoms with Gasteiger partial charge in [0.25, 0.3) is 0 Å². The predicted octanol–water partition coefficient (Wildman–Crippen LogP) is 6.08. The number of fused-ring (bicyclic) bond motifs is 1. The van der Waals surface area contributed by atoms with Gasteiger partial charge in [-0.15, -0.1) is 0 Å². The van der Waals surface area contributed by atoms with E-state index in [0.29, 0.717) is 12.2 Å². The number of benzene rings is 2. The quantitative estimate of drug-likeness (QED) is 0.465. The summed E-state index contributed by atoms with van der Waals surface area (Å²) in [7, 11) is 0. The Morgan fingerprint density at radius 3 is 2.48 bits per heavy atom. The molecule has 0 bridgehead atoms. The third-order valence-corrected chi connectivity index (χ3v) is 7.09. The maximum absolute atomic E-state index is 13.7. The molecular formula is C28H33NO4. The van der Waals surface area contributed by atoms with Crippen LogP contribution in [0.3, 0.4) is 0 Å². The monoisotopic (exact) mass is 447 g/mol. The molecule has 1 aliphatic carbocycles. The number of para-hydroxylation sites is 1. The van der Waals surface area contributed by atoms with Crippen LogP contribution in [0, 0.1) is 5.92 Å². The molecule has 5 heteroatoms. The second-order valence-electron chi connectivity index (χ2n) is 9.78. The van der Waals surface area contributed by atoms with Crippen molar-refractivity contribution in [2.24, 2.45) is 5.92 Å². The zero-order valence-electron chi connectivity index (χ0n) is 19.9. The zero-order chi connectivity index (χ0) is 23.6. The average Bonchev–Trinajstić information content (AvgIpc) is 3.24. The summed E-state index contributed by atoms with van der Waals surface area (Å²) in [6.45, 7) is 7.62. The topological polar surface area (TPSA) is 68.5 Å². The standard InChI is InChI=1S/C28H33NO4/c1-19-12-10-11-17-28(19,26(31)33-27(3,4)22-14-6-5-7-15-22)29-25(30)20(2)24-18-21-13-8-9-16-23(21)32-24/h5-9,13-16,18-20H,10-12,17H2,1-4H3,(H,29,30)/t19-,20-,28?/m0/s1. The number of amides is 1. The molecule has 5 nitrogen and oxygen atoms in total. The fourth-order valence-electron chi connectivity index (χ4n) is 4.78. The molecule has 174 valence electrons. The van der Waals surface area contributed by atoms with Crippen LogP contribution in [0.25, 0.3) is 11.0 Å². The number of carbonyl (C=O) groups excluding carboxylic acids is 2. The summed E-state index contributed by atoms with van der Waals surface area (Å²) in [6, 6.07) is 19.3. The normalized spacial score (nSPS) is 22.0. The van der Waals surface area contributed by atoms with Gasteiger partial charge in [0.15, 0.2) is 0 Å². The molecule has 0 aliphatic heterocycles. The summed E-state index contributed by atoms with van der Waals surface area (Å²) in [5.74, 6) is -0.563. The number of hydrogen-bond acceptors (Lipinski definition) is 4. The van der Waals surface area contributed by atoms with Gasteiger partial charge in [0.1, 0.15) is 22.5 Å². The predicted molar refractivity (Wildman–Crippen MR) is 129 cm³/mol. The summed E-state index contributed by atoms with van der Waals surface area (Å²) in [6.07, 6.45) is 3.33. The van der Waals surface area contributed by atoms with Crippen molar-refractivity contribution in [1.29, 1.82) is 0 Å². The van der Waals surface area contributed by atoms with Crippen LogP contribution in [-0.2, 0) is 19.9 Å². The van der Waals surface area contributed by atoms with Crippen molar-refractivity contribution in [2.45, 2.75) is 70.4 Å². The summed E-state index contributed by atoms with van der Waals surface area (Å²) in [4.78, 5) is 27.1. The maximum Gasteiger partial charge on any atom is 0.333 e. The van der Waals surface area contributed by atoms with Crippen LogP contribution in [0.5, 0.6) is 0 Å². The molecule has 1 fully saturated rings. The summed E-state index contributed by atoms with van der Waals surface area (Å²) >= 11 is 0. The van der Waals surface area contributed by atoms with E-state index < -0.39 is 17.1 Å². The van der Waals surface area contributed by atoms with E-state index in [-0.39, 0.29) is 17.8 Å². The van der Waals surface area contributed by atoms with Crippen molar-refractivity contribution in [3.63, 3.8) is 0 Å². The fraction of sp³-hybridized carbons (Fsp3) is 0.429. The molecule has 1 aromatic heterocycles. The van der Waals surface area contributed by atoms with E-state index in [1.165, 1.54) is 0 Å². The Labute approximate surface area is 195 Å². The maximum atomic E-state index is 13.7. The Balaban J connectivity index is 1.58. The van der Waals surface area contributed by atoms with Crippen molar-refractivity contribution in [2.75, 3.05) is 0 Å². The van der Waals surface area contributed by atoms with E-state index in [0.717, 1.165) is 35.8 Å². The lowest BCUT2D eigenvalue weighted by Gasteiger charge is -2.43. The van der Waals surface area contributed by atoms with Crippen molar-refractivity contribution in [1.82, 2.24) is 5.32 Å². The summed E-state index contributed by atoms with van der Waals surface area (Å²) in [5.41, 5.74) is -0.199. The highest BCUT2D eigenvalue weighted by atomic mass is 16.6. The summed E-state index contributed by atoms with van der Waals surface area (Å²) in [5, 5.41) is 4.08. The minimum atomic E-state index is -1.05. The van der Waals surface area contributed by atoms with Gasteiger partial charge in [0, 0.05) is 5.39 Å². The van der Waals surface area contributed by atoms with Crippen LogP contribution < -0.4 is 5.32 Å². The lowest BCUT2D eigenvalue weighted by molar-refractivity contribution is -0.172. The molecule has 33 heavy (non-hydrogen) atoms. The Hall–Kier alpha value is -3.08. The molecule has 1 unspecified atom stereocenters. The molecule has 0 radical (unpaired) electrons. The number of furan rings is 1. The van der Waals surface area contributed by atoms with Gasteiger partial charge < -0.3 is 14.5 Å². The van der Waals surface area contributed by atoms with E-state index in [1.807, 2.05) is 88.4 Å². The first-order chi connectivity index (χ1) is 15.7. The van der Waals surface area contributed by atoms with Gasteiger partial charge in [-0.05, 0) is 57.2 Å².